The van der Waals surface area contributed by atoms with E-state index in [1.54, 1.807) is 19.4 Å². The Labute approximate surface area is 116 Å². The lowest BCUT2D eigenvalue weighted by atomic mass is 10.0. The van der Waals surface area contributed by atoms with Crippen LogP contribution in [0.4, 0.5) is 0 Å². The number of aromatic nitrogens is 2. The van der Waals surface area contributed by atoms with E-state index in [-0.39, 0.29) is 5.75 Å². The molecule has 20 heavy (non-hydrogen) atoms. The quantitative estimate of drug-likeness (QED) is 0.763. The number of aromatic hydroxyl groups is 1. The van der Waals surface area contributed by atoms with Crippen LogP contribution in [-0.4, -0.2) is 22.4 Å². The van der Waals surface area contributed by atoms with Crippen LogP contribution in [-0.2, 0) is 0 Å². The molecule has 0 fully saturated rings. The fourth-order valence-corrected chi connectivity index (χ4v) is 2.14. The van der Waals surface area contributed by atoms with Crippen LogP contribution >= 0.6 is 0 Å². The van der Waals surface area contributed by atoms with E-state index in [0.29, 0.717) is 5.75 Å². The average Bonchev–Trinajstić information content (AvgIpc) is 3.02. The predicted octanol–water partition coefficient (Wildman–Crippen LogP) is 3.46. The Morgan fingerprint density at radius 3 is 2.55 bits per heavy atom. The highest BCUT2D eigenvalue weighted by atomic mass is 16.5. The van der Waals surface area contributed by atoms with E-state index >= 15 is 0 Å². The van der Waals surface area contributed by atoms with Crippen molar-refractivity contribution in [1.82, 2.24) is 10.2 Å². The number of rotatable bonds is 3. The van der Waals surface area contributed by atoms with E-state index in [1.807, 2.05) is 36.4 Å². The predicted molar refractivity (Wildman–Crippen MR) is 77.7 cm³/mol. The van der Waals surface area contributed by atoms with Crippen LogP contribution in [0.2, 0.25) is 0 Å². The Kier molecular flexibility index (Phi) is 3.13. The third-order valence-electron chi connectivity index (χ3n) is 3.19. The molecule has 0 bridgehead atoms. The molecule has 0 amide bonds. The molecule has 2 N–H and O–H groups in total. The first-order valence-corrected chi connectivity index (χ1v) is 6.25. The summed E-state index contributed by atoms with van der Waals surface area (Å²) in [6.45, 7) is 0. The number of methoxy groups -OCH3 is 1. The van der Waals surface area contributed by atoms with Gasteiger partial charge in [-0.25, -0.2) is 0 Å². The van der Waals surface area contributed by atoms with Crippen molar-refractivity contribution in [2.24, 2.45) is 0 Å². The second kappa shape index (κ2) is 5.09. The summed E-state index contributed by atoms with van der Waals surface area (Å²) in [5, 5.41) is 16.6. The van der Waals surface area contributed by atoms with Crippen molar-refractivity contribution in [3.8, 4) is 33.9 Å². The summed E-state index contributed by atoms with van der Waals surface area (Å²) < 4.78 is 5.14. The molecular weight excluding hydrogens is 252 g/mol. The number of nitrogens with one attached hydrogen (secondary N) is 1. The summed E-state index contributed by atoms with van der Waals surface area (Å²) in [6, 6.07) is 15.4. The molecule has 0 spiro atoms. The third-order valence-corrected chi connectivity index (χ3v) is 3.19. The van der Waals surface area contributed by atoms with Gasteiger partial charge in [0, 0.05) is 11.8 Å². The molecule has 4 heteroatoms. The molecule has 0 saturated carbocycles. The third kappa shape index (κ3) is 2.23. The number of H-pyrrole nitrogens is 1. The molecule has 4 nitrogen and oxygen atoms in total. The number of benzene rings is 2. The maximum atomic E-state index is 9.65. The summed E-state index contributed by atoms with van der Waals surface area (Å²) >= 11 is 0. The molecule has 100 valence electrons. The molecular formula is C16H14N2O2. The van der Waals surface area contributed by atoms with Gasteiger partial charge in [-0.2, -0.15) is 5.10 Å². The van der Waals surface area contributed by atoms with Crippen molar-refractivity contribution >= 4 is 0 Å². The first kappa shape index (κ1) is 12.3. The van der Waals surface area contributed by atoms with Crippen molar-refractivity contribution in [3.05, 3.63) is 54.7 Å². The molecule has 0 unspecified atom stereocenters. The second-order valence-electron chi connectivity index (χ2n) is 4.44. The van der Waals surface area contributed by atoms with E-state index in [2.05, 4.69) is 16.3 Å². The molecule has 0 aliphatic rings. The van der Waals surface area contributed by atoms with Gasteiger partial charge in [0.2, 0.25) is 0 Å². The summed E-state index contributed by atoms with van der Waals surface area (Å²) in [4.78, 5) is 0. The van der Waals surface area contributed by atoms with Crippen LogP contribution in [0.15, 0.2) is 54.7 Å². The zero-order chi connectivity index (χ0) is 13.9. The van der Waals surface area contributed by atoms with Crippen LogP contribution in [0.3, 0.4) is 0 Å². The van der Waals surface area contributed by atoms with Gasteiger partial charge in [0.25, 0.3) is 0 Å². The van der Waals surface area contributed by atoms with E-state index in [4.69, 9.17) is 4.74 Å². The molecule has 0 saturated heterocycles. The standard InChI is InChI=1S/C16H14N2O2/c1-20-16-10-12(5-6-15(16)19)11-3-2-4-13(9-11)14-7-8-17-18-14/h2-10,19H,1H3,(H,17,18). The Morgan fingerprint density at radius 2 is 1.80 bits per heavy atom. The molecule has 3 rings (SSSR count). The summed E-state index contributed by atoms with van der Waals surface area (Å²) in [5.41, 5.74) is 4.07. The van der Waals surface area contributed by atoms with Gasteiger partial charge in [-0.1, -0.05) is 24.3 Å². The van der Waals surface area contributed by atoms with Crippen LogP contribution in [0.25, 0.3) is 22.4 Å². The highest BCUT2D eigenvalue weighted by Crippen LogP contribution is 2.32. The lowest BCUT2D eigenvalue weighted by Crippen LogP contribution is -1.86. The van der Waals surface area contributed by atoms with Gasteiger partial charge >= 0.3 is 0 Å². The lowest BCUT2D eigenvalue weighted by Gasteiger charge is -2.08. The molecule has 1 aromatic heterocycles. The van der Waals surface area contributed by atoms with Crippen molar-refractivity contribution in [2.45, 2.75) is 0 Å². The minimum Gasteiger partial charge on any atom is -0.504 e. The topological polar surface area (TPSA) is 58.1 Å². The number of hydrogen-bond acceptors (Lipinski definition) is 3. The molecule has 0 aliphatic carbocycles. The number of phenolic OH excluding ortho intramolecular Hbond substituents is 1. The van der Waals surface area contributed by atoms with Crippen LogP contribution in [0, 0.1) is 0 Å². The van der Waals surface area contributed by atoms with Gasteiger partial charge in [0.05, 0.1) is 12.8 Å². The molecule has 3 aromatic rings. The van der Waals surface area contributed by atoms with Crippen LogP contribution < -0.4 is 4.74 Å². The van der Waals surface area contributed by atoms with Crippen molar-refractivity contribution < 1.29 is 9.84 Å². The molecule has 0 aliphatic heterocycles. The number of aromatic amines is 1. The fourth-order valence-electron chi connectivity index (χ4n) is 2.14. The van der Waals surface area contributed by atoms with Gasteiger partial charge < -0.3 is 9.84 Å². The summed E-state index contributed by atoms with van der Waals surface area (Å²) in [6.07, 6.45) is 1.73. The number of phenols is 1. The van der Waals surface area contributed by atoms with Gasteiger partial charge in [-0.3, -0.25) is 5.10 Å². The van der Waals surface area contributed by atoms with Crippen LogP contribution in [0.1, 0.15) is 0 Å². The Hall–Kier alpha value is -2.75. The molecule has 2 aromatic carbocycles. The largest absolute Gasteiger partial charge is 0.504 e. The molecule has 0 radical (unpaired) electrons. The maximum absolute atomic E-state index is 9.65. The highest BCUT2D eigenvalue weighted by Gasteiger charge is 2.06. The molecule has 1 heterocycles. The maximum Gasteiger partial charge on any atom is 0.161 e. The minimum absolute atomic E-state index is 0.140. The first-order chi connectivity index (χ1) is 9.78. The fraction of sp³-hybridized carbons (Fsp3) is 0.0625. The number of hydrogen-bond donors (Lipinski definition) is 2. The van der Waals surface area contributed by atoms with Gasteiger partial charge in [-0.15, -0.1) is 0 Å². The lowest BCUT2D eigenvalue weighted by molar-refractivity contribution is 0.373. The average molecular weight is 266 g/mol. The van der Waals surface area contributed by atoms with Crippen molar-refractivity contribution in [2.75, 3.05) is 7.11 Å². The Balaban J connectivity index is 2.04. The van der Waals surface area contributed by atoms with Gasteiger partial charge in [0.1, 0.15) is 0 Å². The van der Waals surface area contributed by atoms with Gasteiger partial charge in [0.15, 0.2) is 11.5 Å². The van der Waals surface area contributed by atoms with E-state index in [1.165, 1.54) is 0 Å². The number of ether oxygens (including phenoxy) is 1. The van der Waals surface area contributed by atoms with Gasteiger partial charge in [-0.05, 0) is 35.4 Å². The summed E-state index contributed by atoms with van der Waals surface area (Å²) in [5.74, 6) is 0.607. The Bertz CT molecular complexity index is 721. The summed E-state index contributed by atoms with van der Waals surface area (Å²) in [7, 11) is 1.54. The van der Waals surface area contributed by atoms with Crippen LogP contribution in [0.5, 0.6) is 11.5 Å². The zero-order valence-electron chi connectivity index (χ0n) is 11.0. The highest BCUT2D eigenvalue weighted by molar-refractivity contribution is 5.72. The second-order valence-corrected chi connectivity index (χ2v) is 4.44. The first-order valence-electron chi connectivity index (χ1n) is 6.25. The molecule has 0 atom stereocenters. The normalized spacial score (nSPS) is 10.4. The van der Waals surface area contributed by atoms with E-state index in [0.717, 1.165) is 22.4 Å². The van der Waals surface area contributed by atoms with E-state index < -0.39 is 0 Å². The number of nitrogens with zero attached hydrogens (tertiary/aromatic N) is 1. The monoisotopic (exact) mass is 266 g/mol. The van der Waals surface area contributed by atoms with Crippen molar-refractivity contribution in [3.63, 3.8) is 0 Å². The van der Waals surface area contributed by atoms with E-state index in [9.17, 15) is 5.11 Å². The minimum atomic E-state index is 0.140. The smallest absolute Gasteiger partial charge is 0.161 e. The zero-order valence-corrected chi connectivity index (χ0v) is 11.0. The Morgan fingerprint density at radius 1 is 1.00 bits per heavy atom. The SMILES string of the molecule is COc1cc(-c2cccc(-c3ccn[nH]3)c2)ccc1O. The van der Waals surface area contributed by atoms with Crippen molar-refractivity contribution in [1.29, 1.82) is 0 Å².